The van der Waals surface area contributed by atoms with E-state index in [9.17, 15) is 4.79 Å². The number of aromatic nitrogens is 2. The van der Waals surface area contributed by atoms with E-state index >= 15 is 0 Å². The van der Waals surface area contributed by atoms with Gasteiger partial charge in [0.15, 0.2) is 0 Å². The highest BCUT2D eigenvalue weighted by atomic mass is 16.3. The number of hydrogen-bond acceptors (Lipinski definition) is 6. The summed E-state index contributed by atoms with van der Waals surface area (Å²) in [5, 5.41) is 3.32. The Balaban J connectivity index is 1.49. The first-order chi connectivity index (χ1) is 15.4. The third-order valence-electron chi connectivity index (χ3n) is 5.73. The minimum absolute atomic E-state index is 0.123. The van der Waals surface area contributed by atoms with Crippen LogP contribution in [-0.2, 0) is 4.79 Å². The summed E-state index contributed by atoms with van der Waals surface area (Å²) in [6.45, 7) is 9.14. The lowest BCUT2D eigenvalue weighted by Gasteiger charge is -2.32. The SMILES string of the molecule is C=C(/N=C\C=C(/N)c1c(-c2ccccc2C)nc2occn12)NC1CCN(C(C)=O)CC1. The number of likely N-dealkylation sites (tertiary alicyclic amines) is 1. The number of allylic oxidation sites excluding steroid dienone is 1. The van der Waals surface area contributed by atoms with Crippen LogP contribution < -0.4 is 11.1 Å². The van der Waals surface area contributed by atoms with Crippen LogP contribution in [-0.4, -0.2) is 45.5 Å². The molecule has 0 aliphatic carbocycles. The molecule has 0 atom stereocenters. The number of carbonyl (C=O) groups excluding carboxylic acids is 1. The van der Waals surface area contributed by atoms with Gasteiger partial charge in [-0.1, -0.05) is 30.8 Å². The molecule has 3 heterocycles. The smallest absolute Gasteiger partial charge is 0.306 e. The molecule has 4 rings (SSSR count). The summed E-state index contributed by atoms with van der Waals surface area (Å²) in [7, 11) is 0. The van der Waals surface area contributed by atoms with Crippen molar-refractivity contribution in [1.29, 1.82) is 0 Å². The van der Waals surface area contributed by atoms with Gasteiger partial charge in [0, 0.05) is 44.0 Å². The molecule has 1 saturated heterocycles. The van der Waals surface area contributed by atoms with Crippen LogP contribution in [0.2, 0.25) is 0 Å². The molecule has 32 heavy (non-hydrogen) atoms. The van der Waals surface area contributed by atoms with Crippen LogP contribution >= 0.6 is 0 Å². The maximum atomic E-state index is 11.5. The summed E-state index contributed by atoms with van der Waals surface area (Å²) < 4.78 is 7.32. The van der Waals surface area contributed by atoms with E-state index in [4.69, 9.17) is 10.2 Å². The second-order valence-corrected chi connectivity index (χ2v) is 7.95. The molecule has 1 aromatic carbocycles. The Morgan fingerprint density at radius 3 is 2.81 bits per heavy atom. The molecule has 3 aromatic rings. The van der Waals surface area contributed by atoms with E-state index in [1.807, 2.05) is 40.5 Å². The van der Waals surface area contributed by atoms with Gasteiger partial charge in [0.05, 0.1) is 11.4 Å². The van der Waals surface area contributed by atoms with Crippen LogP contribution in [0, 0.1) is 6.92 Å². The summed E-state index contributed by atoms with van der Waals surface area (Å²) in [6, 6.07) is 8.28. The fraction of sp³-hybridized carbons (Fsp3) is 0.292. The largest absolute Gasteiger partial charge is 0.432 e. The van der Waals surface area contributed by atoms with Crippen molar-refractivity contribution in [3.05, 3.63) is 66.5 Å². The Kier molecular flexibility index (Phi) is 6.11. The molecule has 3 N–H and O–H groups in total. The summed E-state index contributed by atoms with van der Waals surface area (Å²) in [4.78, 5) is 22.4. The molecule has 8 heteroatoms. The molecular weight excluding hydrogens is 404 g/mol. The predicted octanol–water partition coefficient (Wildman–Crippen LogP) is 3.34. The molecule has 1 fully saturated rings. The van der Waals surface area contributed by atoms with E-state index in [-0.39, 0.29) is 11.9 Å². The predicted molar refractivity (Wildman–Crippen MR) is 126 cm³/mol. The van der Waals surface area contributed by atoms with Crippen molar-refractivity contribution < 1.29 is 9.21 Å². The van der Waals surface area contributed by atoms with Crippen LogP contribution in [0.3, 0.4) is 0 Å². The lowest BCUT2D eigenvalue weighted by molar-refractivity contribution is -0.129. The molecule has 1 amide bonds. The molecule has 0 saturated carbocycles. The van der Waals surface area contributed by atoms with Gasteiger partial charge < -0.3 is 20.4 Å². The molecule has 166 valence electrons. The third-order valence-corrected chi connectivity index (χ3v) is 5.73. The summed E-state index contributed by atoms with van der Waals surface area (Å²) in [5.74, 6) is 1.17. The zero-order valence-electron chi connectivity index (χ0n) is 18.4. The second-order valence-electron chi connectivity index (χ2n) is 7.95. The highest BCUT2D eigenvalue weighted by Gasteiger charge is 2.21. The Labute approximate surface area is 187 Å². The lowest BCUT2D eigenvalue weighted by atomic mass is 10.0. The van der Waals surface area contributed by atoms with E-state index < -0.39 is 0 Å². The minimum atomic E-state index is 0.123. The molecule has 0 spiro atoms. The monoisotopic (exact) mass is 432 g/mol. The fourth-order valence-corrected chi connectivity index (χ4v) is 3.99. The first-order valence-electron chi connectivity index (χ1n) is 10.7. The van der Waals surface area contributed by atoms with Gasteiger partial charge in [-0.2, -0.15) is 4.98 Å². The van der Waals surface area contributed by atoms with Crippen molar-refractivity contribution in [2.75, 3.05) is 13.1 Å². The number of nitrogens with two attached hydrogens (primary N) is 1. The molecule has 0 bridgehead atoms. The number of fused-ring (bicyclic) bond motifs is 1. The Hall–Kier alpha value is -3.81. The van der Waals surface area contributed by atoms with Gasteiger partial charge >= 0.3 is 5.84 Å². The number of aryl methyl sites for hydroxylation is 1. The first kappa shape index (κ1) is 21.4. The van der Waals surface area contributed by atoms with Crippen LogP contribution in [0.25, 0.3) is 22.8 Å². The van der Waals surface area contributed by atoms with E-state index in [1.54, 1.807) is 31.7 Å². The number of amides is 1. The molecule has 1 aliphatic rings. The van der Waals surface area contributed by atoms with Crippen molar-refractivity contribution in [2.45, 2.75) is 32.7 Å². The Morgan fingerprint density at radius 1 is 1.34 bits per heavy atom. The van der Waals surface area contributed by atoms with Crippen LogP contribution in [0.5, 0.6) is 0 Å². The van der Waals surface area contributed by atoms with Crippen LogP contribution in [0.1, 0.15) is 31.0 Å². The number of imidazole rings is 1. The third kappa shape index (κ3) is 4.44. The zero-order valence-corrected chi connectivity index (χ0v) is 18.4. The number of nitrogens with one attached hydrogen (secondary N) is 1. The van der Waals surface area contributed by atoms with Gasteiger partial charge in [-0.3, -0.25) is 9.20 Å². The average molecular weight is 433 g/mol. The average Bonchev–Trinajstić information content (AvgIpc) is 3.35. The standard InChI is InChI=1S/C24H28N6O2/c1-16-6-4-5-7-20(16)22-23(30-14-15-32-24(30)28-22)21(25)8-11-26-17(2)27-19-9-12-29(13-10-19)18(3)31/h4-8,11,14-15,19,27H,2,9-10,12-13,25H2,1,3H3/b21-8-,26-11-. The van der Waals surface area contributed by atoms with E-state index in [1.165, 1.54) is 0 Å². The number of hydrogen-bond donors (Lipinski definition) is 2. The van der Waals surface area contributed by atoms with Crippen molar-refractivity contribution in [2.24, 2.45) is 10.7 Å². The number of carbonyl (C=O) groups is 1. The highest BCUT2D eigenvalue weighted by molar-refractivity contribution is 5.88. The van der Waals surface area contributed by atoms with Gasteiger partial charge in [-0.15, -0.1) is 0 Å². The minimum Gasteiger partial charge on any atom is -0.432 e. The summed E-state index contributed by atoms with van der Waals surface area (Å²) >= 11 is 0. The number of rotatable bonds is 6. The summed E-state index contributed by atoms with van der Waals surface area (Å²) in [6.07, 6.45) is 8.50. The number of piperidine rings is 1. The normalized spacial score (nSPS) is 15.6. The fourth-order valence-electron chi connectivity index (χ4n) is 3.99. The molecule has 0 unspecified atom stereocenters. The lowest BCUT2D eigenvalue weighted by Crippen LogP contribution is -2.43. The Bertz CT molecular complexity index is 1190. The summed E-state index contributed by atoms with van der Waals surface area (Å²) in [5.41, 5.74) is 10.6. The van der Waals surface area contributed by atoms with Gasteiger partial charge in [0.25, 0.3) is 0 Å². The number of oxazole rings is 1. The quantitative estimate of drug-likeness (QED) is 0.582. The zero-order chi connectivity index (χ0) is 22.7. The van der Waals surface area contributed by atoms with E-state index in [0.29, 0.717) is 17.4 Å². The highest BCUT2D eigenvalue weighted by Crippen LogP contribution is 2.30. The van der Waals surface area contributed by atoms with Crippen LogP contribution in [0.15, 0.2) is 64.6 Å². The maximum absolute atomic E-state index is 11.5. The second kappa shape index (κ2) is 9.13. The van der Waals surface area contributed by atoms with Crippen molar-refractivity contribution in [3.8, 4) is 11.3 Å². The van der Waals surface area contributed by atoms with Gasteiger partial charge in [0.2, 0.25) is 5.91 Å². The molecule has 2 aromatic heterocycles. The number of nitrogens with zero attached hydrogens (tertiary/aromatic N) is 4. The topological polar surface area (TPSA) is 101 Å². The van der Waals surface area contributed by atoms with E-state index in [2.05, 4.69) is 21.9 Å². The molecule has 1 aliphatic heterocycles. The van der Waals surface area contributed by atoms with Gasteiger partial charge in [0.1, 0.15) is 17.8 Å². The van der Waals surface area contributed by atoms with Gasteiger partial charge in [-0.25, -0.2) is 4.99 Å². The number of aliphatic imine (C=N–C) groups is 1. The molecule has 0 radical (unpaired) electrons. The van der Waals surface area contributed by atoms with Crippen LogP contribution in [0.4, 0.5) is 0 Å². The van der Waals surface area contributed by atoms with Crippen molar-refractivity contribution in [1.82, 2.24) is 19.6 Å². The maximum Gasteiger partial charge on any atom is 0.306 e. The molecule has 8 nitrogen and oxygen atoms in total. The van der Waals surface area contributed by atoms with Crippen molar-refractivity contribution >= 4 is 23.7 Å². The van der Waals surface area contributed by atoms with Gasteiger partial charge in [-0.05, 0) is 31.4 Å². The molecular formula is C24H28N6O2. The number of benzene rings is 1. The van der Waals surface area contributed by atoms with E-state index in [0.717, 1.165) is 48.4 Å². The Morgan fingerprint density at radius 2 is 2.09 bits per heavy atom. The first-order valence-corrected chi connectivity index (χ1v) is 10.7. The van der Waals surface area contributed by atoms with Crippen molar-refractivity contribution in [3.63, 3.8) is 0 Å².